The van der Waals surface area contributed by atoms with Gasteiger partial charge in [-0.3, -0.25) is 9.59 Å². The lowest BCUT2D eigenvalue weighted by atomic mass is 10.2. The van der Waals surface area contributed by atoms with E-state index in [4.69, 9.17) is 4.42 Å². The van der Waals surface area contributed by atoms with Gasteiger partial charge in [-0.05, 0) is 40.2 Å². The minimum Gasteiger partial charge on any atom is -0.452 e. The monoisotopic (exact) mass is 432 g/mol. The molecule has 0 N–H and O–H groups in total. The first kappa shape index (κ1) is 19.2. The Hall–Kier alpha value is -2.61. The number of rotatable bonds is 6. The number of fused-ring (bicyclic) bond motifs is 1. The molecular formula is C19H21BrN4O3. The lowest BCUT2D eigenvalue weighted by Crippen LogP contribution is -2.32. The number of hydrogen-bond acceptors (Lipinski definition) is 5. The zero-order valence-corrected chi connectivity index (χ0v) is 17.1. The predicted octanol–water partition coefficient (Wildman–Crippen LogP) is 2.87. The predicted molar refractivity (Wildman–Crippen MR) is 108 cm³/mol. The third kappa shape index (κ3) is 4.21. The fourth-order valence-corrected chi connectivity index (χ4v) is 3.19. The number of amides is 1. The van der Waals surface area contributed by atoms with Crippen LogP contribution in [0.25, 0.3) is 11.0 Å². The van der Waals surface area contributed by atoms with Gasteiger partial charge in [0.15, 0.2) is 10.5 Å². The maximum Gasteiger partial charge on any atom is 0.293 e. The van der Waals surface area contributed by atoms with Crippen LogP contribution in [0.5, 0.6) is 0 Å². The fourth-order valence-electron chi connectivity index (χ4n) is 2.85. The molecule has 2 aromatic heterocycles. The highest BCUT2D eigenvalue weighted by molar-refractivity contribution is 9.10. The van der Waals surface area contributed by atoms with Gasteiger partial charge in [-0.2, -0.15) is 0 Å². The van der Waals surface area contributed by atoms with Crippen LogP contribution < -0.4 is 10.5 Å². The van der Waals surface area contributed by atoms with Crippen LogP contribution >= 0.6 is 15.9 Å². The van der Waals surface area contributed by atoms with Crippen LogP contribution in [0.4, 0.5) is 5.82 Å². The van der Waals surface area contributed by atoms with Gasteiger partial charge in [0.1, 0.15) is 5.76 Å². The molecule has 1 amide bonds. The summed E-state index contributed by atoms with van der Waals surface area (Å²) >= 11 is 3.25. The molecule has 0 saturated carbocycles. The maximum absolute atomic E-state index is 12.8. The van der Waals surface area contributed by atoms with Gasteiger partial charge in [-0.1, -0.05) is 12.1 Å². The van der Waals surface area contributed by atoms with Crippen LogP contribution in [0.3, 0.4) is 0 Å². The van der Waals surface area contributed by atoms with Crippen LogP contribution in [0.15, 0.2) is 50.3 Å². The van der Waals surface area contributed by atoms with Gasteiger partial charge in [-0.15, -0.1) is 0 Å². The number of furan rings is 1. The summed E-state index contributed by atoms with van der Waals surface area (Å²) in [6.07, 6.45) is 0.208. The smallest absolute Gasteiger partial charge is 0.293 e. The highest BCUT2D eigenvalue weighted by Gasteiger charge is 2.16. The van der Waals surface area contributed by atoms with E-state index in [1.54, 1.807) is 41.6 Å². The quantitative estimate of drug-likeness (QED) is 0.598. The third-order valence-corrected chi connectivity index (χ3v) is 4.68. The molecule has 0 unspecified atom stereocenters. The van der Waals surface area contributed by atoms with Crippen molar-refractivity contribution < 1.29 is 9.21 Å². The molecule has 142 valence electrons. The summed E-state index contributed by atoms with van der Waals surface area (Å²) in [4.78, 5) is 33.1. The first-order chi connectivity index (χ1) is 12.9. The Morgan fingerprint density at radius 1 is 1.19 bits per heavy atom. The molecule has 2 heterocycles. The van der Waals surface area contributed by atoms with E-state index in [1.807, 2.05) is 30.3 Å². The summed E-state index contributed by atoms with van der Waals surface area (Å²) in [5, 5.41) is 0. The molecule has 0 saturated heterocycles. The molecule has 3 aromatic rings. The SMILES string of the molecule is CN(Cc1ccc(Br)o1)C(=O)CCn1c(=O)c(N(C)C)nc2ccccc21. The number of nitrogens with zero attached hydrogens (tertiary/aromatic N) is 4. The second-order valence-electron chi connectivity index (χ2n) is 6.48. The molecule has 1 aromatic carbocycles. The Balaban J connectivity index is 1.80. The molecular weight excluding hydrogens is 412 g/mol. The van der Waals surface area contributed by atoms with Gasteiger partial charge in [0, 0.05) is 34.1 Å². The number of halogens is 1. The van der Waals surface area contributed by atoms with Crippen LogP contribution in [0.1, 0.15) is 12.2 Å². The second-order valence-corrected chi connectivity index (χ2v) is 7.26. The molecule has 7 nitrogen and oxygen atoms in total. The molecule has 0 spiro atoms. The Labute approximate surface area is 165 Å². The summed E-state index contributed by atoms with van der Waals surface area (Å²) in [5.74, 6) is 0.982. The molecule has 0 atom stereocenters. The Morgan fingerprint density at radius 2 is 1.93 bits per heavy atom. The molecule has 0 radical (unpaired) electrons. The largest absolute Gasteiger partial charge is 0.452 e. The van der Waals surface area contributed by atoms with Crippen molar-refractivity contribution in [3.8, 4) is 0 Å². The van der Waals surface area contributed by atoms with E-state index >= 15 is 0 Å². The number of anilines is 1. The van der Waals surface area contributed by atoms with Crippen molar-refractivity contribution in [3.05, 3.63) is 57.2 Å². The normalized spacial score (nSPS) is 11.0. The van der Waals surface area contributed by atoms with Crippen molar-refractivity contribution in [3.63, 3.8) is 0 Å². The molecule has 0 bridgehead atoms. The first-order valence-electron chi connectivity index (χ1n) is 8.52. The van der Waals surface area contributed by atoms with E-state index in [0.29, 0.717) is 22.8 Å². The standard InChI is InChI=1S/C19H21BrN4O3/c1-22(2)18-19(26)24(15-7-5-4-6-14(15)21-18)11-10-17(25)23(3)12-13-8-9-16(20)27-13/h4-9H,10-12H2,1-3H3. The average Bonchev–Trinajstić information content (AvgIpc) is 3.04. The molecule has 3 rings (SSSR count). The van der Waals surface area contributed by atoms with Crippen LogP contribution in [0, 0.1) is 0 Å². The summed E-state index contributed by atoms with van der Waals surface area (Å²) in [6.45, 7) is 0.660. The van der Waals surface area contributed by atoms with Crippen molar-refractivity contribution in [2.24, 2.45) is 0 Å². The average molecular weight is 433 g/mol. The van der Waals surface area contributed by atoms with Crippen molar-refractivity contribution in [2.45, 2.75) is 19.5 Å². The highest BCUT2D eigenvalue weighted by Crippen LogP contribution is 2.16. The summed E-state index contributed by atoms with van der Waals surface area (Å²) in [7, 11) is 5.28. The summed E-state index contributed by atoms with van der Waals surface area (Å²) in [6, 6.07) is 11.1. The number of carbonyl (C=O) groups is 1. The molecule has 27 heavy (non-hydrogen) atoms. The van der Waals surface area contributed by atoms with Crippen LogP contribution in [-0.4, -0.2) is 41.5 Å². The van der Waals surface area contributed by atoms with E-state index in [-0.39, 0.29) is 24.4 Å². The highest BCUT2D eigenvalue weighted by atomic mass is 79.9. The van der Waals surface area contributed by atoms with E-state index < -0.39 is 0 Å². The van der Waals surface area contributed by atoms with Gasteiger partial charge < -0.3 is 18.8 Å². The van der Waals surface area contributed by atoms with Crippen LogP contribution in [-0.2, 0) is 17.9 Å². The molecule has 8 heteroatoms. The number of aromatic nitrogens is 2. The molecule has 0 aliphatic heterocycles. The van der Waals surface area contributed by atoms with Crippen molar-refractivity contribution in [1.29, 1.82) is 0 Å². The van der Waals surface area contributed by atoms with Gasteiger partial charge in [-0.25, -0.2) is 4.98 Å². The van der Waals surface area contributed by atoms with E-state index in [1.165, 1.54) is 0 Å². The third-order valence-electron chi connectivity index (χ3n) is 4.26. The summed E-state index contributed by atoms with van der Waals surface area (Å²) in [5.41, 5.74) is 1.24. The van der Waals surface area contributed by atoms with Crippen molar-refractivity contribution in [2.75, 3.05) is 26.0 Å². The Bertz CT molecular complexity index is 1030. The Kier molecular flexibility index (Phi) is 5.65. The first-order valence-corrected chi connectivity index (χ1v) is 9.31. The topological polar surface area (TPSA) is 71.6 Å². The molecule has 0 aliphatic rings. The number of hydrogen-bond donors (Lipinski definition) is 0. The maximum atomic E-state index is 12.8. The lowest BCUT2D eigenvalue weighted by Gasteiger charge is -2.18. The van der Waals surface area contributed by atoms with E-state index in [2.05, 4.69) is 20.9 Å². The van der Waals surface area contributed by atoms with E-state index in [9.17, 15) is 9.59 Å². The number of aryl methyl sites for hydroxylation is 1. The van der Waals surface area contributed by atoms with Gasteiger partial charge in [0.05, 0.1) is 17.6 Å². The Morgan fingerprint density at radius 3 is 2.59 bits per heavy atom. The zero-order valence-electron chi connectivity index (χ0n) is 15.5. The van der Waals surface area contributed by atoms with Crippen LogP contribution in [0.2, 0.25) is 0 Å². The summed E-state index contributed by atoms with van der Waals surface area (Å²) < 4.78 is 7.69. The number of benzene rings is 1. The van der Waals surface area contributed by atoms with Gasteiger partial charge in [0.2, 0.25) is 5.91 Å². The lowest BCUT2D eigenvalue weighted by molar-refractivity contribution is -0.130. The second kappa shape index (κ2) is 7.96. The van der Waals surface area contributed by atoms with Crippen molar-refractivity contribution in [1.82, 2.24) is 14.5 Å². The minimum absolute atomic E-state index is 0.0679. The van der Waals surface area contributed by atoms with Gasteiger partial charge in [0.25, 0.3) is 5.56 Å². The van der Waals surface area contributed by atoms with E-state index in [0.717, 1.165) is 11.0 Å². The van der Waals surface area contributed by atoms with Crippen molar-refractivity contribution >= 4 is 38.7 Å². The fraction of sp³-hybridized carbons (Fsp3) is 0.316. The zero-order chi connectivity index (χ0) is 19.6. The van der Waals surface area contributed by atoms with Gasteiger partial charge >= 0.3 is 0 Å². The molecule has 0 aliphatic carbocycles. The molecule has 0 fully saturated rings. The minimum atomic E-state index is -0.205. The number of para-hydroxylation sites is 2. The number of carbonyl (C=O) groups excluding carboxylic acids is 1.